The molecule has 3 N–H and O–H groups in total. The summed E-state index contributed by atoms with van der Waals surface area (Å²) in [7, 11) is 0. The lowest BCUT2D eigenvalue weighted by Crippen LogP contribution is -2.44. The Balaban J connectivity index is 1.62. The second kappa shape index (κ2) is 9.88. The van der Waals surface area contributed by atoms with E-state index >= 15 is 0 Å². The summed E-state index contributed by atoms with van der Waals surface area (Å²) in [5.74, 6) is 2.19. The molecule has 30 heavy (non-hydrogen) atoms. The second-order valence-electron chi connectivity index (χ2n) is 11.6. The quantitative estimate of drug-likeness (QED) is 0.428. The molecule has 3 aliphatic rings. The minimum absolute atomic E-state index is 0.380. The third kappa shape index (κ3) is 5.99. The van der Waals surface area contributed by atoms with Crippen LogP contribution in [0.2, 0.25) is 0 Å². The Morgan fingerprint density at radius 3 is 2.67 bits per heavy atom. The second-order valence-corrected chi connectivity index (χ2v) is 11.6. The van der Waals surface area contributed by atoms with Gasteiger partial charge >= 0.3 is 0 Å². The van der Waals surface area contributed by atoms with Crippen molar-refractivity contribution >= 4 is 0 Å². The Morgan fingerprint density at radius 1 is 1.20 bits per heavy atom. The van der Waals surface area contributed by atoms with E-state index in [0.29, 0.717) is 23.7 Å². The summed E-state index contributed by atoms with van der Waals surface area (Å²) in [5.41, 5.74) is 2.74. The topological polar surface area (TPSA) is 60.7 Å². The predicted molar refractivity (Wildman–Crippen MR) is 124 cm³/mol. The molecular weight excluding hydrogens is 372 g/mol. The van der Waals surface area contributed by atoms with Crippen LogP contribution in [-0.2, 0) is 0 Å². The molecule has 1 saturated carbocycles. The van der Waals surface area contributed by atoms with Crippen LogP contribution in [0.5, 0.6) is 0 Å². The number of allylic oxidation sites excluding steroid dienone is 2. The Hall–Kier alpha value is -0.640. The Bertz CT molecular complexity index is 629. The molecule has 1 fully saturated rings. The number of rotatable bonds is 8. The van der Waals surface area contributed by atoms with E-state index < -0.39 is 11.7 Å². The smallest absolute Gasteiger partial charge is 0.0748 e. The molecular formula is C27H46O3. The summed E-state index contributed by atoms with van der Waals surface area (Å²) in [6.45, 7) is 8.87. The van der Waals surface area contributed by atoms with Gasteiger partial charge in [-0.05, 0) is 88.4 Å². The molecule has 3 rings (SSSR count). The molecule has 0 aromatic carbocycles. The summed E-state index contributed by atoms with van der Waals surface area (Å²) in [6, 6.07) is 0. The van der Waals surface area contributed by atoms with E-state index in [1.54, 1.807) is 5.57 Å². The van der Waals surface area contributed by atoms with Crippen molar-refractivity contribution in [2.75, 3.05) is 0 Å². The van der Waals surface area contributed by atoms with Crippen LogP contribution in [-0.4, -0.2) is 33.1 Å². The number of hydrogen-bond acceptors (Lipinski definition) is 3. The van der Waals surface area contributed by atoms with Gasteiger partial charge in [0.15, 0.2) is 0 Å². The highest BCUT2D eigenvalue weighted by molar-refractivity contribution is 5.21. The van der Waals surface area contributed by atoms with Crippen LogP contribution in [0.1, 0.15) is 105 Å². The molecule has 3 heteroatoms. The van der Waals surface area contributed by atoms with Crippen molar-refractivity contribution in [3.8, 4) is 0 Å². The van der Waals surface area contributed by atoms with Gasteiger partial charge in [-0.3, -0.25) is 0 Å². The lowest BCUT2D eigenvalue weighted by Gasteiger charge is -2.53. The third-order valence-electron chi connectivity index (χ3n) is 8.50. The van der Waals surface area contributed by atoms with Crippen LogP contribution < -0.4 is 0 Å². The molecule has 6 atom stereocenters. The summed E-state index contributed by atoms with van der Waals surface area (Å²) in [4.78, 5) is 0. The molecule has 172 valence electrons. The highest BCUT2D eigenvalue weighted by Crippen LogP contribution is 2.57. The van der Waals surface area contributed by atoms with Gasteiger partial charge in [-0.15, -0.1) is 0 Å². The molecule has 0 saturated heterocycles. The Kier molecular flexibility index (Phi) is 7.91. The molecule has 0 bridgehead atoms. The van der Waals surface area contributed by atoms with Crippen LogP contribution in [0.4, 0.5) is 0 Å². The van der Waals surface area contributed by atoms with Crippen LogP contribution in [0, 0.1) is 23.2 Å². The highest BCUT2D eigenvalue weighted by Gasteiger charge is 2.47. The average Bonchev–Trinajstić information content (AvgIpc) is 2.63. The van der Waals surface area contributed by atoms with Crippen molar-refractivity contribution in [3.63, 3.8) is 0 Å². The molecule has 0 amide bonds. The zero-order valence-electron chi connectivity index (χ0n) is 19.9. The zero-order valence-corrected chi connectivity index (χ0v) is 19.9. The largest absolute Gasteiger partial charge is 0.393 e. The molecule has 0 unspecified atom stereocenters. The van der Waals surface area contributed by atoms with Gasteiger partial charge in [0.25, 0.3) is 0 Å². The van der Waals surface area contributed by atoms with Crippen molar-refractivity contribution in [1.82, 2.24) is 0 Å². The minimum atomic E-state index is -0.547. The van der Waals surface area contributed by atoms with E-state index in [2.05, 4.69) is 19.9 Å². The van der Waals surface area contributed by atoms with Crippen molar-refractivity contribution in [2.24, 2.45) is 23.2 Å². The molecule has 0 aromatic rings. The van der Waals surface area contributed by atoms with Crippen molar-refractivity contribution in [3.05, 3.63) is 23.3 Å². The average molecular weight is 419 g/mol. The maximum absolute atomic E-state index is 10.1. The van der Waals surface area contributed by atoms with Gasteiger partial charge < -0.3 is 15.3 Å². The summed E-state index contributed by atoms with van der Waals surface area (Å²) in [5, 5.41) is 30.0. The molecule has 3 nitrogen and oxygen atoms in total. The van der Waals surface area contributed by atoms with Gasteiger partial charge in [-0.1, -0.05) is 56.4 Å². The van der Waals surface area contributed by atoms with E-state index in [4.69, 9.17) is 0 Å². The molecule has 0 aromatic heterocycles. The fourth-order valence-electron chi connectivity index (χ4n) is 6.97. The molecule has 0 spiro atoms. The van der Waals surface area contributed by atoms with Gasteiger partial charge in [0.2, 0.25) is 0 Å². The molecule has 0 heterocycles. The van der Waals surface area contributed by atoms with Crippen molar-refractivity contribution in [1.29, 1.82) is 0 Å². The molecule has 3 aliphatic carbocycles. The third-order valence-corrected chi connectivity index (χ3v) is 8.50. The lowest BCUT2D eigenvalue weighted by molar-refractivity contribution is 0.00436. The van der Waals surface area contributed by atoms with Gasteiger partial charge in [-0.25, -0.2) is 0 Å². The number of aliphatic hydroxyl groups is 3. The van der Waals surface area contributed by atoms with E-state index in [9.17, 15) is 15.3 Å². The Labute approximate surface area is 184 Å². The number of hydrogen-bond donors (Lipinski definition) is 3. The minimum Gasteiger partial charge on any atom is -0.393 e. The van der Waals surface area contributed by atoms with Crippen molar-refractivity contribution < 1.29 is 15.3 Å². The fourth-order valence-corrected chi connectivity index (χ4v) is 6.97. The molecule has 0 aliphatic heterocycles. The monoisotopic (exact) mass is 418 g/mol. The van der Waals surface area contributed by atoms with Crippen LogP contribution >= 0.6 is 0 Å². The van der Waals surface area contributed by atoms with Crippen molar-refractivity contribution in [2.45, 2.75) is 123 Å². The van der Waals surface area contributed by atoms with Gasteiger partial charge in [0.1, 0.15) is 0 Å². The highest BCUT2D eigenvalue weighted by atomic mass is 16.3. The normalized spacial score (nSPS) is 36.0. The first kappa shape index (κ1) is 24.0. The summed E-state index contributed by atoms with van der Waals surface area (Å²) >= 11 is 0. The maximum atomic E-state index is 10.1. The van der Waals surface area contributed by atoms with Gasteiger partial charge in [-0.2, -0.15) is 0 Å². The first-order valence-corrected chi connectivity index (χ1v) is 12.6. The fraction of sp³-hybridized carbons (Fsp3) is 0.852. The van der Waals surface area contributed by atoms with Crippen LogP contribution in [0.3, 0.4) is 0 Å². The lowest BCUT2D eigenvalue weighted by atomic mass is 9.52. The summed E-state index contributed by atoms with van der Waals surface area (Å²) in [6.07, 6.45) is 16.7. The first-order valence-electron chi connectivity index (χ1n) is 12.6. The molecule has 0 radical (unpaired) electrons. The predicted octanol–water partition coefficient (Wildman–Crippen LogP) is 5.93. The van der Waals surface area contributed by atoms with Crippen LogP contribution in [0.15, 0.2) is 23.3 Å². The zero-order chi connectivity index (χ0) is 21.9. The van der Waals surface area contributed by atoms with E-state index in [-0.39, 0.29) is 6.10 Å². The number of aliphatic hydroxyl groups excluding tert-OH is 2. The first-order chi connectivity index (χ1) is 14.1. The standard InChI is InChI=1S/C27H46O3/c1-19(8-6-14-26(2,3)30)24-10-5-11-25-21(9-7-15-27(24,25)4)13-12-20-16-22(28)18-23(29)17-20/h9,16,19,22-25,28-30H,5-8,10-15,17-18H2,1-4H3/t19-,22-,23-,24-,25+,27-/m1/s1. The van der Waals surface area contributed by atoms with Gasteiger partial charge in [0, 0.05) is 6.42 Å². The van der Waals surface area contributed by atoms with E-state index in [1.165, 1.54) is 44.1 Å². The van der Waals surface area contributed by atoms with E-state index in [1.807, 2.05) is 19.9 Å². The maximum Gasteiger partial charge on any atom is 0.0748 e. The Morgan fingerprint density at radius 2 is 1.97 bits per heavy atom. The van der Waals surface area contributed by atoms with E-state index in [0.717, 1.165) is 38.0 Å². The van der Waals surface area contributed by atoms with Gasteiger partial charge in [0.05, 0.1) is 17.8 Å². The van der Waals surface area contributed by atoms with Crippen LogP contribution in [0.25, 0.3) is 0 Å². The summed E-state index contributed by atoms with van der Waals surface area (Å²) < 4.78 is 0. The SMILES string of the molecule is C[C@H](CCCC(C)(C)O)[C@H]1CCC[C@H]2C(CCC3=C[C@@H](O)C[C@H](O)C3)=CCC[C@]12C. The number of fused-ring (bicyclic) bond motifs is 1.